The molecule has 3 heterocycles. The maximum Gasteiger partial charge on any atom is 0.326 e. The van der Waals surface area contributed by atoms with Crippen LogP contribution in [-0.2, 0) is 186 Å². The summed E-state index contributed by atoms with van der Waals surface area (Å²) in [5.74, 6) is -10.8. The van der Waals surface area contributed by atoms with Gasteiger partial charge in [-0.25, -0.2) is 4.79 Å². The van der Waals surface area contributed by atoms with Crippen molar-refractivity contribution in [3.05, 3.63) is 0 Å². The van der Waals surface area contributed by atoms with Crippen LogP contribution in [-0.4, -0.2) is 370 Å². The van der Waals surface area contributed by atoms with Gasteiger partial charge in [0.15, 0.2) is 37.2 Å². The van der Waals surface area contributed by atoms with Crippen LogP contribution in [0.25, 0.3) is 0 Å². The molecular weight excluding hydrogens is 1870 g/mol. The lowest BCUT2D eigenvalue weighted by Gasteiger charge is -2.44. The van der Waals surface area contributed by atoms with Crippen LogP contribution >= 0.6 is 0 Å². The normalized spacial score (nSPS) is 20.5. The van der Waals surface area contributed by atoms with Crippen LogP contribution < -0.4 is 37.2 Å². The Kier molecular flexibility index (Phi) is 70.1. The van der Waals surface area contributed by atoms with Gasteiger partial charge in [0.2, 0.25) is 41.4 Å². The molecule has 0 radical (unpaired) electrons. The van der Waals surface area contributed by atoms with Gasteiger partial charge in [-0.1, -0.05) is 90.9 Å². The number of carboxylic acids is 1. The van der Waals surface area contributed by atoms with Crippen LogP contribution in [0.1, 0.15) is 230 Å². The molecule has 8 N–H and O–H groups in total. The van der Waals surface area contributed by atoms with E-state index in [-0.39, 0.29) is 235 Å². The third-order valence-corrected chi connectivity index (χ3v) is 21.6. The summed E-state index contributed by atoms with van der Waals surface area (Å²) in [6.07, 6.45) is 5.55. The summed E-state index contributed by atoms with van der Waals surface area (Å²) in [6, 6.07) is -5.35. The molecule has 16 atom stereocenters. The Morgan fingerprint density at radius 2 is 0.674 bits per heavy atom. The highest BCUT2D eigenvalue weighted by molar-refractivity contribution is 5.93. The SMILES string of the molecule is CCCCCCCCCCCCCCCC(=O)NCCC[C@H](NC(=O)[C@H](CCCCNC(=O)COCCOCCOCCO[C@H]1C[C@@H](C)[C@@H](OC(C)=O)[C@@H](COC(C)=O)O1)NC(=O)[C@H](CCCCNC(=O)COCCOCCOCCO[C@@H]1O[C@H](COC(C)=O)[C@H](OC(C)=O)[C@H](OC(C)=O)[C@H]1NC(C)=O)NC(=O)COCCOCCOCCO[C@H]1C[C@@H](OC(C)=O)[C@@H](OC(C)=O)[C@@H](COC(C)=O)O1)C(=O)O. The zero-order valence-electron chi connectivity index (χ0n) is 84.2. The number of carbonyl (C=O) groups excluding carboxylic acids is 15. The second-order valence-electron chi connectivity index (χ2n) is 34.0. The molecule has 0 aromatic rings. The highest BCUT2D eigenvalue weighted by Crippen LogP contribution is 2.32. The zero-order valence-corrected chi connectivity index (χ0v) is 84.2. The molecular formula is C94H159N7O40. The Balaban J connectivity index is 1.64. The number of ether oxygens (including phenoxy) is 23. The highest BCUT2D eigenvalue weighted by atomic mass is 16.7. The van der Waals surface area contributed by atoms with Crippen molar-refractivity contribution in [2.75, 3.05) is 178 Å². The first-order valence-corrected chi connectivity index (χ1v) is 49.1. The van der Waals surface area contributed by atoms with Crippen LogP contribution in [0.15, 0.2) is 0 Å². The summed E-state index contributed by atoms with van der Waals surface area (Å²) >= 11 is 0. The lowest BCUT2D eigenvalue weighted by atomic mass is 9.93. The minimum Gasteiger partial charge on any atom is -0.480 e. The summed E-state index contributed by atoms with van der Waals surface area (Å²) in [5.41, 5.74) is 0. The fourth-order valence-corrected chi connectivity index (χ4v) is 14.9. The molecule has 141 heavy (non-hydrogen) atoms. The van der Waals surface area contributed by atoms with E-state index >= 15 is 0 Å². The summed E-state index contributed by atoms with van der Waals surface area (Å²) < 4.78 is 128. The molecule has 47 heteroatoms. The number of hydrogen-bond donors (Lipinski definition) is 8. The smallest absolute Gasteiger partial charge is 0.326 e. The highest BCUT2D eigenvalue weighted by Gasteiger charge is 2.52. The number of amides is 7. The van der Waals surface area contributed by atoms with E-state index in [4.69, 9.17) is 109 Å². The molecule has 3 aliphatic heterocycles. The lowest BCUT2D eigenvalue weighted by molar-refractivity contribution is -0.279. The molecule has 47 nitrogen and oxygen atoms in total. The molecule has 0 spiro atoms. The number of hydrogen-bond acceptors (Lipinski definition) is 39. The van der Waals surface area contributed by atoms with Gasteiger partial charge >= 0.3 is 53.7 Å². The van der Waals surface area contributed by atoms with E-state index in [1.54, 1.807) is 0 Å². The van der Waals surface area contributed by atoms with E-state index in [2.05, 4.69) is 44.1 Å². The topological polar surface area (TPSA) is 590 Å². The summed E-state index contributed by atoms with van der Waals surface area (Å²) in [4.78, 5) is 201. The van der Waals surface area contributed by atoms with Crippen molar-refractivity contribution in [3.8, 4) is 0 Å². The van der Waals surface area contributed by atoms with E-state index in [0.717, 1.165) is 46.5 Å². The molecule has 3 fully saturated rings. The van der Waals surface area contributed by atoms with Gasteiger partial charge in [0, 0.05) is 107 Å². The summed E-state index contributed by atoms with van der Waals surface area (Å²) in [5, 5.41) is 29.3. The van der Waals surface area contributed by atoms with E-state index in [1.165, 1.54) is 92.9 Å². The molecule has 0 aromatic carbocycles. The number of rotatable bonds is 82. The average molecular weight is 2030 g/mol. The molecule has 0 saturated carbocycles. The number of carbonyl (C=O) groups is 16. The van der Waals surface area contributed by atoms with Crippen molar-refractivity contribution in [2.24, 2.45) is 5.92 Å². The quantitative estimate of drug-likeness (QED) is 0.0246. The van der Waals surface area contributed by atoms with Crippen molar-refractivity contribution >= 4 is 95.1 Å². The number of unbranched alkanes of at least 4 members (excludes halogenated alkanes) is 14. The molecule has 3 aliphatic rings. The third-order valence-electron chi connectivity index (χ3n) is 21.6. The van der Waals surface area contributed by atoms with Crippen molar-refractivity contribution in [2.45, 2.75) is 322 Å². The van der Waals surface area contributed by atoms with Gasteiger partial charge in [0.1, 0.15) is 94.3 Å². The zero-order chi connectivity index (χ0) is 104. The fraction of sp³-hybridized carbons (Fsp3) is 0.830. The summed E-state index contributed by atoms with van der Waals surface area (Å²) in [7, 11) is 0. The van der Waals surface area contributed by atoms with Gasteiger partial charge in [-0.3, -0.25) is 71.9 Å². The second-order valence-corrected chi connectivity index (χ2v) is 34.0. The van der Waals surface area contributed by atoms with Crippen LogP contribution in [0.2, 0.25) is 0 Å². The van der Waals surface area contributed by atoms with Gasteiger partial charge in [-0.05, 0) is 57.8 Å². The number of aliphatic carboxylic acids is 1. The standard InChI is InChI=1S/C94H159N7O40/c1-12-13-14-15-16-17-18-19-20-21-22-23-24-33-80(111)95-36-29-32-75(93(117)118)101-92(116)74(31-26-28-35-97-82(113)61-125-46-43-119-37-40-122-49-52-128-84-55-63(2)87(135-69(8)107)77(139-84)57-131-65(4)103)100-91(115)73(99-83(114)62-127-48-45-121-38-41-123-50-53-129-85-56-76(134-68(7)106)88(136-70(9)108)78(140-85)58-132-66(5)104)30-25-27-34-96-81(112)60-126-47-44-120-39-42-124-51-54-130-94-86(98-64(3)102)90(138-72(11)110)89(137-71(10)109)79(141-94)59-133-67(6)105/h63,73-79,84-90,94H,12-62H2,1-11H3,(H,95,111)(H,96,112)(H,97,113)(H,98,102)(H,99,114)(H,100,115)(H,101,116)(H,117,118)/t63-,73+,74+,75+,76-,77-,78-,79-,84-,85-,86-,87-,88-,89+,90-,94-/m1/s1. The third kappa shape index (κ3) is 62.9. The van der Waals surface area contributed by atoms with E-state index < -0.39 is 194 Å². The van der Waals surface area contributed by atoms with Crippen LogP contribution in [0.5, 0.6) is 0 Å². The Hall–Kier alpha value is -9.08. The molecule has 0 bridgehead atoms. The molecule has 0 aliphatic carbocycles. The summed E-state index contributed by atoms with van der Waals surface area (Å²) in [6.45, 7) is 14.3. The predicted octanol–water partition coefficient (Wildman–Crippen LogP) is 3.12. The first-order chi connectivity index (χ1) is 67.6. The molecule has 7 amide bonds. The van der Waals surface area contributed by atoms with Crippen molar-refractivity contribution in [3.63, 3.8) is 0 Å². The first kappa shape index (κ1) is 126. The predicted molar refractivity (Wildman–Crippen MR) is 495 cm³/mol. The van der Waals surface area contributed by atoms with Crippen LogP contribution in [0.3, 0.4) is 0 Å². The first-order valence-electron chi connectivity index (χ1n) is 49.1. The van der Waals surface area contributed by atoms with Gasteiger partial charge < -0.3 is 151 Å². The van der Waals surface area contributed by atoms with E-state index in [1.807, 2.05) is 6.92 Å². The van der Waals surface area contributed by atoms with E-state index in [9.17, 15) is 81.8 Å². The molecule has 810 valence electrons. The van der Waals surface area contributed by atoms with Gasteiger partial charge in [0.25, 0.3) is 0 Å². The Morgan fingerprint density at radius 3 is 1.11 bits per heavy atom. The minimum absolute atomic E-state index is 0.000691. The van der Waals surface area contributed by atoms with Crippen LogP contribution in [0, 0.1) is 5.92 Å². The number of nitrogens with one attached hydrogen (secondary N) is 7. The monoisotopic (exact) mass is 2030 g/mol. The fourth-order valence-electron chi connectivity index (χ4n) is 14.9. The average Bonchev–Trinajstić information content (AvgIpc) is 0.791. The number of esters is 8. The van der Waals surface area contributed by atoms with Gasteiger partial charge in [-0.15, -0.1) is 0 Å². The van der Waals surface area contributed by atoms with Gasteiger partial charge in [-0.2, -0.15) is 0 Å². The molecule has 3 saturated heterocycles. The molecule has 0 aromatic heterocycles. The Labute approximate surface area is 826 Å². The van der Waals surface area contributed by atoms with Gasteiger partial charge in [0.05, 0.1) is 119 Å². The van der Waals surface area contributed by atoms with Crippen LogP contribution in [0.4, 0.5) is 0 Å². The van der Waals surface area contributed by atoms with Crippen molar-refractivity contribution in [1.82, 2.24) is 37.2 Å². The Morgan fingerprint density at radius 1 is 0.326 bits per heavy atom. The van der Waals surface area contributed by atoms with E-state index in [0.29, 0.717) is 19.3 Å². The Bertz CT molecular complexity index is 3610. The minimum atomic E-state index is -1.46. The van der Waals surface area contributed by atoms with Crippen molar-refractivity contribution < 1.29 is 191 Å². The maximum absolute atomic E-state index is 14.6. The number of carboxylic acid groups (broad SMARTS) is 1. The second kappa shape index (κ2) is 78.4. The molecule has 0 unspecified atom stereocenters. The maximum atomic E-state index is 14.6. The van der Waals surface area contributed by atoms with Crippen molar-refractivity contribution in [1.29, 1.82) is 0 Å². The largest absolute Gasteiger partial charge is 0.480 e. The molecule has 3 rings (SSSR count). The lowest BCUT2D eigenvalue weighted by Crippen LogP contribution is -2.66.